The van der Waals surface area contributed by atoms with Gasteiger partial charge in [0.15, 0.2) is 0 Å². The summed E-state index contributed by atoms with van der Waals surface area (Å²) in [4.78, 5) is 0. The Morgan fingerprint density at radius 3 is 2.11 bits per heavy atom. The molecule has 4 N–H and O–H groups in total. The summed E-state index contributed by atoms with van der Waals surface area (Å²) in [5, 5.41) is 0. The third-order valence-electron chi connectivity index (χ3n) is 3.03. The second-order valence-electron chi connectivity index (χ2n) is 4.47. The van der Waals surface area contributed by atoms with Gasteiger partial charge in [0.2, 0.25) is 0 Å². The van der Waals surface area contributed by atoms with Gasteiger partial charge in [-0.1, -0.05) is 6.42 Å². The Morgan fingerprint density at radius 2 is 1.67 bits per heavy atom. The topological polar surface area (TPSA) is 70.5 Å². The second kappa shape index (κ2) is 7.24. The van der Waals surface area contributed by atoms with Crippen LogP contribution in [0.4, 0.5) is 0 Å². The van der Waals surface area contributed by atoms with Gasteiger partial charge in [0.1, 0.15) is 11.5 Å². The smallest absolute Gasteiger partial charge is 0.127 e. The molecule has 0 aromatic heterocycles. The van der Waals surface area contributed by atoms with Gasteiger partial charge in [-0.25, -0.2) is 0 Å². The Kier molecular flexibility index (Phi) is 5.95. The molecule has 0 saturated heterocycles. The van der Waals surface area contributed by atoms with Crippen molar-refractivity contribution in [3.63, 3.8) is 0 Å². The van der Waals surface area contributed by atoms with Gasteiger partial charge in [0.05, 0.1) is 19.8 Å². The number of rotatable bonds is 7. The molecule has 0 spiro atoms. The highest BCUT2D eigenvalue weighted by atomic mass is 16.5. The van der Waals surface area contributed by atoms with Gasteiger partial charge in [-0.3, -0.25) is 0 Å². The predicted molar refractivity (Wildman–Crippen MR) is 74.1 cm³/mol. The number of benzene rings is 1. The summed E-state index contributed by atoms with van der Waals surface area (Å²) in [6, 6.07) is 3.89. The maximum Gasteiger partial charge on any atom is 0.127 e. The second-order valence-corrected chi connectivity index (χ2v) is 4.47. The van der Waals surface area contributed by atoms with Crippen LogP contribution in [0.25, 0.3) is 0 Å². The van der Waals surface area contributed by atoms with Gasteiger partial charge in [-0.05, 0) is 44.0 Å². The van der Waals surface area contributed by atoms with E-state index in [0.29, 0.717) is 6.54 Å². The molecule has 1 aromatic rings. The molecule has 1 atom stereocenters. The van der Waals surface area contributed by atoms with Crippen molar-refractivity contribution >= 4 is 0 Å². The van der Waals surface area contributed by atoms with Gasteiger partial charge < -0.3 is 20.9 Å². The summed E-state index contributed by atoms with van der Waals surface area (Å²) < 4.78 is 10.8. The average molecular weight is 252 g/mol. The van der Waals surface area contributed by atoms with E-state index in [4.69, 9.17) is 20.9 Å². The number of hydrogen-bond acceptors (Lipinski definition) is 4. The van der Waals surface area contributed by atoms with Crippen LogP contribution in [0.3, 0.4) is 0 Å². The SMILES string of the molecule is COc1cc(C)cc(OC)c1[C@@H](N)CCCCN. The number of methoxy groups -OCH3 is 2. The summed E-state index contributed by atoms with van der Waals surface area (Å²) >= 11 is 0. The monoisotopic (exact) mass is 252 g/mol. The van der Waals surface area contributed by atoms with Crippen molar-refractivity contribution in [3.05, 3.63) is 23.3 Å². The normalized spacial score (nSPS) is 12.3. The Morgan fingerprint density at radius 1 is 1.11 bits per heavy atom. The van der Waals surface area contributed by atoms with E-state index < -0.39 is 0 Å². The first kappa shape index (κ1) is 14.8. The van der Waals surface area contributed by atoms with Gasteiger partial charge in [0.25, 0.3) is 0 Å². The molecule has 0 fully saturated rings. The molecule has 1 rings (SSSR count). The van der Waals surface area contributed by atoms with Crippen molar-refractivity contribution in [2.75, 3.05) is 20.8 Å². The Bertz CT molecular complexity index is 355. The van der Waals surface area contributed by atoms with E-state index in [2.05, 4.69) is 0 Å². The Labute approximate surface area is 109 Å². The third-order valence-corrected chi connectivity index (χ3v) is 3.03. The van der Waals surface area contributed by atoms with Crippen LogP contribution in [0.2, 0.25) is 0 Å². The zero-order chi connectivity index (χ0) is 13.5. The molecular formula is C14H24N2O2. The molecule has 1 aromatic carbocycles. The molecular weight excluding hydrogens is 228 g/mol. The number of nitrogens with two attached hydrogens (primary N) is 2. The summed E-state index contributed by atoms with van der Waals surface area (Å²) in [6.07, 6.45) is 2.88. The van der Waals surface area contributed by atoms with E-state index in [-0.39, 0.29) is 6.04 Å². The zero-order valence-electron chi connectivity index (χ0n) is 11.5. The quantitative estimate of drug-likeness (QED) is 0.729. The number of unbranched alkanes of at least 4 members (excludes halogenated alkanes) is 1. The zero-order valence-corrected chi connectivity index (χ0v) is 11.5. The van der Waals surface area contributed by atoms with E-state index in [1.165, 1.54) is 0 Å². The number of aryl methyl sites for hydroxylation is 1. The molecule has 0 aliphatic rings. The van der Waals surface area contributed by atoms with Crippen LogP contribution in [0.15, 0.2) is 12.1 Å². The van der Waals surface area contributed by atoms with Crippen LogP contribution in [-0.4, -0.2) is 20.8 Å². The van der Waals surface area contributed by atoms with E-state index in [1.807, 2.05) is 19.1 Å². The first-order valence-corrected chi connectivity index (χ1v) is 6.32. The summed E-state index contributed by atoms with van der Waals surface area (Å²) in [6.45, 7) is 2.71. The first-order valence-electron chi connectivity index (χ1n) is 6.32. The Balaban J connectivity index is 2.96. The molecule has 0 unspecified atom stereocenters. The minimum absolute atomic E-state index is 0.0814. The molecule has 18 heavy (non-hydrogen) atoms. The van der Waals surface area contributed by atoms with E-state index in [1.54, 1.807) is 14.2 Å². The summed E-state index contributed by atoms with van der Waals surface area (Å²) in [5.41, 5.74) is 13.8. The van der Waals surface area contributed by atoms with Crippen molar-refractivity contribution in [2.45, 2.75) is 32.2 Å². The van der Waals surface area contributed by atoms with Gasteiger partial charge in [-0.2, -0.15) is 0 Å². The van der Waals surface area contributed by atoms with Crippen LogP contribution in [-0.2, 0) is 0 Å². The standard InChI is InChI=1S/C14H24N2O2/c1-10-8-12(17-2)14(13(9-10)18-3)11(16)6-4-5-7-15/h8-9,11H,4-7,15-16H2,1-3H3/t11-/m0/s1. The van der Waals surface area contributed by atoms with Gasteiger partial charge >= 0.3 is 0 Å². The molecule has 0 saturated carbocycles. The lowest BCUT2D eigenvalue weighted by Gasteiger charge is -2.19. The molecule has 0 heterocycles. The largest absolute Gasteiger partial charge is 0.496 e. The van der Waals surface area contributed by atoms with Crippen LogP contribution < -0.4 is 20.9 Å². The van der Waals surface area contributed by atoms with Crippen molar-refractivity contribution in [2.24, 2.45) is 11.5 Å². The summed E-state index contributed by atoms with van der Waals surface area (Å²) in [7, 11) is 3.31. The molecule has 4 heteroatoms. The van der Waals surface area contributed by atoms with Crippen molar-refractivity contribution in [3.8, 4) is 11.5 Å². The van der Waals surface area contributed by atoms with Gasteiger partial charge in [0, 0.05) is 6.04 Å². The lowest BCUT2D eigenvalue weighted by atomic mass is 9.98. The minimum atomic E-state index is -0.0814. The van der Waals surface area contributed by atoms with Crippen LogP contribution in [0.5, 0.6) is 11.5 Å². The molecule has 0 aliphatic carbocycles. The van der Waals surface area contributed by atoms with Crippen molar-refractivity contribution in [1.29, 1.82) is 0 Å². The van der Waals surface area contributed by atoms with E-state index in [0.717, 1.165) is 41.9 Å². The lowest BCUT2D eigenvalue weighted by Crippen LogP contribution is -2.14. The van der Waals surface area contributed by atoms with Crippen LogP contribution >= 0.6 is 0 Å². The number of hydrogen-bond donors (Lipinski definition) is 2. The molecule has 0 amide bonds. The van der Waals surface area contributed by atoms with Gasteiger partial charge in [-0.15, -0.1) is 0 Å². The summed E-state index contributed by atoms with van der Waals surface area (Å²) in [5.74, 6) is 1.60. The molecule has 4 nitrogen and oxygen atoms in total. The fraction of sp³-hybridized carbons (Fsp3) is 0.571. The maximum absolute atomic E-state index is 6.24. The fourth-order valence-corrected chi connectivity index (χ4v) is 2.09. The maximum atomic E-state index is 6.24. The number of ether oxygens (including phenoxy) is 2. The lowest BCUT2D eigenvalue weighted by molar-refractivity contribution is 0.375. The molecule has 0 bridgehead atoms. The first-order chi connectivity index (χ1) is 8.63. The average Bonchev–Trinajstić information content (AvgIpc) is 2.37. The molecule has 102 valence electrons. The van der Waals surface area contributed by atoms with Crippen LogP contribution in [0.1, 0.15) is 36.4 Å². The van der Waals surface area contributed by atoms with Crippen LogP contribution in [0, 0.1) is 6.92 Å². The minimum Gasteiger partial charge on any atom is -0.496 e. The van der Waals surface area contributed by atoms with E-state index >= 15 is 0 Å². The highest BCUT2D eigenvalue weighted by Crippen LogP contribution is 2.36. The predicted octanol–water partition coefficient (Wildman–Crippen LogP) is 2.14. The van der Waals surface area contributed by atoms with Crippen molar-refractivity contribution < 1.29 is 9.47 Å². The molecule has 0 aliphatic heterocycles. The highest BCUT2D eigenvalue weighted by Gasteiger charge is 2.18. The third kappa shape index (κ3) is 3.62. The van der Waals surface area contributed by atoms with Crippen molar-refractivity contribution in [1.82, 2.24) is 0 Å². The fourth-order valence-electron chi connectivity index (χ4n) is 2.09. The molecule has 0 radical (unpaired) electrons. The highest BCUT2D eigenvalue weighted by molar-refractivity contribution is 5.49. The van der Waals surface area contributed by atoms with E-state index in [9.17, 15) is 0 Å². The Hall–Kier alpha value is -1.26.